The smallest absolute Gasteiger partial charge is 0.176 e. The summed E-state index contributed by atoms with van der Waals surface area (Å²) in [6.45, 7) is 0. The molecule has 1 N–H and O–H groups in total. The van der Waals surface area contributed by atoms with E-state index in [1.165, 1.54) is 0 Å². The van der Waals surface area contributed by atoms with Crippen LogP contribution in [-0.4, -0.2) is 5.84 Å². The Hall–Kier alpha value is -2.91. The molecule has 3 aromatic carbocycles. The Bertz CT molecular complexity index is 1110. The molecule has 0 saturated carbocycles. The zero-order valence-corrected chi connectivity index (χ0v) is 16.5. The zero-order valence-electron chi connectivity index (χ0n) is 14.3. The Labute approximate surface area is 176 Å². The fourth-order valence-electron chi connectivity index (χ4n) is 2.70. The van der Waals surface area contributed by atoms with Gasteiger partial charge in [-0.25, -0.2) is 0 Å². The molecule has 0 fully saturated rings. The van der Waals surface area contributed by atoms with Crippen LogP contribution in [0.25, 0.3) is 0 Å². The summed E-state index contributed by atoms with van der Waals surface area (Å²) in [5, 5.41) is 18.7. The van der Waals surface area contributed by atoms with Crippen LogP contribution in [0.2, 0.25) is 15.1 Å². The highest BCUT2D eigenvalue weighted by Gasteiger charge is 2.27. The quantitative estimate of drug-likeness (QED) is 0.588. The van der Waals surface area contributed by atoms with Crippen molar-refractivity contribution in [1.82, 2.24) is 5.43 Å². The first-order valence-corrected chi connectivity index (χ1v) is 9.35. The number of hydrogen-bond donors (Lipinski definition) is 1. The van der Waals surface area contributed by atoms with E-state index in [0.717, 1.165) is 16.9 Å². The number of hydrogen-bond acceptors (Lipinski definition) is 5. The highest BCUT2D eigenvalue weighted by atomic mass is 35.5. The maximum absolute atomic E-state index is 9.04. The minimum atomic E-state index is 0.440. The van der Waals surface area contributed by atoms with Crippen LogP contribution in [0.15, 0.2) is 71.8 Å². The Kier molecular flexibility index (Phi) is 5.01. The standard InChI is InChI=1S/C20H12Cl3N5/c21-15-2-1-3-17(11-15)28-26-20(14-6-9-18(22)19(23)10-14)25-27(28)16-7-4-13(12-24)5-8-16/h1-11H,(H,25,26). The van der Waals surface area contributed by atoms with Crippen LogP contribution in [0, 0.1) is 11.3 Å². The second kappa shape index (κ2) is 7.61. The highest BCUT2D eigenvalue weighted by molar-refractivity contribution is 6.42. The number of nitrogens with one attached hydrogen (secondary N) is 1. The number of hydrazone groups is 1. The number of rotatable bonds is 3. The molecule has 8 heteroatoms. The Morgan fingerprint density at radius 1 is 0.857 bits per heavy atom. The van der Waals surface area contributed by atoms with E-state index in [4.69, 9.17) is 40.1 Å². The normalized spacial score (nSPS) is 13.1. The van der Waals surface area contributed by atoms with Gasteiger partial charge in [-0.15, -0.1) is 5.10 Å². The summed E-state index contributed by atoms with van der Waals surface area (Å²) in [7, 11) is 0. The Morgan fingerprint density at radius 3 is 2.32 bits per heavy atom. The van der Waals surface area contributed by atoms with Gasteiger partial charge in [0.2, 0.25) is 0 Å². The van der Waals surface area contributed by atoms with Gasteiger partial charge in [-0.3, -0.25) is 5.43 Å². The number of anilines is 2. The van der Waals surface area contributed by atoms with E-state index in [0.29, 0.717) is 26.5 Å². The Morgan fingerprint density at radius 2 is 1.64 bits per heavy atom. The monoisotopic (exact) mass is 427 g/mol. The topological polar surface area (TPSA) is 54.7 Å². The number of benzene rings is 3. The predicted molar refractivity (Wildman–Crippen MR) is 114 cm³/mol. The van der Waals surface area contributed by atoms with Crippen molar-refractivity contribution in [3.8, 4) is 6.07 Å². The van der Waals surface area contributed by atoms with E-state index in [9.17, 15) is 0 Å². The molecule has 1 aliphatic rings. The van der Waals surface area contributed by atoms with Crippen LogP contribution in [0.1, 0.15) is 11.1 Å². The molecule has 0 amide bonds. The molecule has 138 valence electrons. The number of nitrogens with zero attached hydrogens (tertiary/aromatic N) is 4. The van der Waals surface area contributed by atoms with Gasteiger partial charge in [-0.05, 0) is 60.7 Å². The summed E-state index contributed by atoms with van der Waals surface area (Å²) >= 11 is 18.4. The average Bonchev–Trinajstić information content (AvgIpc) is 3.15. The summed E-state index contributed by atoms with van der Waals surface area (Å²) in [6, 6.07) is 21.9. The van der Waals surface area contributed by atoms with Gasteiger partial charge in [-0.2, -0.15) is 15.5 Å². The van der Waals surface area contributed by atoms with Gasteiger partial charge in [0, 0.05) is 10.6 Å². The summed E-state index contributed by atoms with van der Waals surface area (Å²) in [4.78, 5) is 0. The third-order valence-corrected chi connectivity index (χ3v) is 5.04. The van der Waals surface area contributed by atoms with Crippen LogP contribution in [0.3, 0.4) is 0 Å². The van der Waals surface area contributed by atoms with Crippen molar-refractivity contribution in [2.24, 2.45) is 5.10 Å². The van der Waals surface area contributed by atoms with Crippen molar-refractivity contribution in [3.63, 3.8) is 0 Å². The first-order chi connectivity index (χ1) is 13.5. The van der Waals surface area contributed by atoms with E-state index in [2.05, 4.69) is 16.6 Å². The average molecular weight is 429 g/mol. The molecule has 3 aromatic rings. The van der Waals surface area contributed by atoms with E-state index >= 15 is 0 Å². The van der Waals surface area contributed by atoms with Gasteiger partial charge < -0.3 is 0 Å². The number of halogens is 3. The van der Waals surface area contributed by atoms with Gasteiger partial charge in [0.1, 0.15) is 0 Å². The number of nitriles is 1. The third kappa shape index (κ3) is 3.58. The van der Waals surface area contributed by atoms with Crippen molar-refractivity contribution in [2.45, 2.75) is 0 Å². The van der Waals surface area contributed by atoms with E-state index in [-0.39, 0.29) is 0 Å². The first kappa shape index (κ1) is 18.5. The molecule has 1 aliphatic heterocycles. The minimum Gasteiger partial charge on any atom is -0.259 e. The molecule has 0 radical (unpaired) electrons. The van der Waals surface area contributed by atoms with E-state index in [1.807, 2.05) is 30.3 Å². The summed E-state index contributed by atoms with van der Waals surface area (Å²) in [6.07, 6.45) is 0. The Balaban J connectivity index is 1.76. The van der Waals surface area contributed by atoms with Crippen LogP contribution < -0.4 is 15.7 Å². The van der Waals surface area contributed by atoms with Crippen LogP contribution in [0.5, 0.6) is 0 Å². The predicted octanol–water partition coefficient (Wildman–Crippen LogP) is 5.63. The van der Waals surface area contributed by atoms with Gasteiger partial charge in [0.15, 0.2) is 5.84 Å². The SMILES string of the molecule is N#Cc1ccc(N2NC(c3ccc(Cl)c(Cl)c3)=NN2c2cccc(Cl)c2)cc1. The second-order valence-corrected chi connectivity index (χ2v) is 7.18. The molecule has 0 saturated heterocycles. The van der Waals surface area contributed by atoms with Gasteiger partial charge in [0.25, 0.3) is 0 Å². The molecule has 5 nitrogen and oxygen atoms in total. The number of amidine groups is 1. The second-order valence-electron chi connectivity index (χ2n) is 5.93. The molecular weight excluding hydrogens is 417 g/mol. The molecule has 0 aliphatic carbocycles. The molecule has 0 atom stereocenters. The van der Waals surface area contributed by atoms with E-state index < -0.39 is 0 Å². The lowest BCUT2D eigenvalue weighted by Gasteiger charge is -2.28. The summed E-state index contributed by atoms with van der Waals surface area (Å²) < 4.78 is 0. The summed E-state index contributed by atoms with van der Waals surface area (Å²) in [5.41, 5.74) is 6.16. The first-order valence-electron chi connectivity index (χ1n) is 8.22. The van der Waals surface area contributed by atoms with E-state index in [1.54, 1.807) is 46.6 Å². The molecule has 1 heterocycles. The molecular formula is C20H12Cl3N5. The molecule has 0 bridgehead atoms. The van der Waals surface area contributed by atoms with Crippen molar-refractivity contribution in [1.29, 1.82) is 5.26 Å². The number of hydrazine groups is 2. The van der Waals surface area contributed by atoms with Crippen LogP contribution in [0.4, 0.5) is 11.4 Å². The minimum absolute atomic E-state index is 0.440. The van der Waals surface area contributed by atoms with Crippen molar-refractivity contribution >= 4 is 52.0 Å². The molecule has 0 aromatic heterocycles. The third-order valence-electron chi connectivity index (χ3n) is 4.07. The molecule has 28 heavy (non-hydrogen) atoms. The fourth-order valence-corrected chi connectivity index (χ4v) is 3.18. The lowest BCUT2D eigenvalue weighted by molar-refractivity contribution is 0.771. The largest absolute Gasteiger partial charge is 0.259 e. The lowest BCUT2D eigenvalue weighted by atomic mass is 10.2. The maximum Gasteiger partial charge on any atom is 0.176 e. The maximum atomic E-state index is 9.04. The molecule has 0 unspecified atom stereocenters. The van der Waals surface area contributed by atoms with Gasteiger partial charge >= 0.3 is 0 Å². The van der Waals surface area contributed by atoms with Gasteiger partial charge in [-0.1, -0.05) is 40.9 Å². The summed E-state index contributed by atoms with van der Waals surface area (Å²) in [5.74, 6) is 0.586. The van der Waals surface area contributed by atoms with Gasteiger partial charge in [0.05, 0.1) is 33.1 Å². The molecule has 4 rings (SSSR count). The lowest BCUT2D eigenvalue weighted by Crippen LogP contribution is -2.44. The van der Waals surface area contributed by atoms with Crippen LogP contribution in [-0.2, 0) is 0 Å². The fraction of sp³-hybridized carbons (Fsp3) is 0. The van der Waals surface area contributed by atoms with Crippen LogP contribution >= 0.6 is 34.8 Å². The highest BCUT2D eigenvalue weighted by Crippen LogP contribution is 2.29. The van der Waals surface area contributed by atoms with Crippen molar-refractivity contribution < 1.29 is 0 Å². The zero-order chi connectivity index (χ0) is 19.7. The molecule has 0 spiro atoms. The van der Waals surface area contributed by atoms with Crippen molar-refractivity contribution in [3.05, 3.63) is 92.9 Å². The van der Waals surface area contributed by atoms with Crippen molar-refractivity contribution in [2.75, 3.05) is 10.2 Å².